The molecule has 2 atom stereocenters. The zero-order valence-corrected chi connectivity index (χ0v) is 11.3. The number of carbonyl (C=O) groups is 1. The summed E-state index contributed by atoms with van der Waals surface area (Å²) in [5.74, 6) is 0.669. The lowest BCUT2D eigenvalue weighted by atomic mass is 9.85. The molecule has 0 aliphatic heterocycles. The Morgan fingerprint density at radius 1 is 1.42 bits per heavy atom. The standard InChI is InChI=1S/C15H19NO3/c1-10-5-3-4-6-12(10)9-19-14-8-7-13(15(17)18)11(2)16-14/h3-4,7-8,10,12H,5-6,9H2,1-2H3,(H,17,18). The monoisotopic (exact) mass is 261 g/mol. The second kappa shape index (κ2) is 5.87. The van der Waals surface area contributed by atoms with Gasteiger partial charge in [0, 0.05) is 6.07 Å². The molecule has 0 aromatic carbocycles. The number of hydrogen-bond acceptors (Lipinski definition) is 3. The molecule has 4 heteroatoms. The minimum absolute atomic E-state index is 0.223. The zero-order chi connectivity index (χ0) is 13.8. The predicted octanol–water partition coefficient (Wildman–Crippen LogP) is 3.07. The number of rotatable bonds is 4. The van der Waals surface area contributed by atoms with E-state index < -0.39 is 5.97 Å². The van der Waals surface area contributed by atoms with Crippen LogP contribution in [0.25, 0.3) is 0 Å². The smallest absolute Gasteiger partial charge is 0.337 e. The quantitative estimate of drug-likeness (QED) is 0.846. The number of pyridine rings is 1. The fraction of sp³-hybridized carbons (Fsp3) is 0.467. The molecule has 1 aromatic heterocycles. The van der Waals surface area contributed by atoms with Gasteiger partial charge in [-0.15, -0.1) is 0 Å². The molecule has 2 unspecified atom stereocenters. The van der Waals surface area contributed by atoms with Gasteiger partial charge in [-0.2, -0.15) is 0 Å². The minimum atomic E-state index is -0.956. The number of aromatic nitrogens is 1. The molecule has 1 heterocycles. The molecule has 1 aliphatic carbocycles. The van der Waals surface area contributed by atoms with Crippen molar-refractivity contribution in [3.05, 3.63) is 35.5 Å². The van der Waals surface area contributed by atoms with Crippen LogP contribution in [0.1, 0.15) is 35.8 Å². The average Bonchev–Trinajstić information content (AvgIpc) is 2.37. The van der Waals surface area contributed by atoms with E-state index in [2.05, 4.69) is 24.1 Å². The van der Waals surface area contributed by atoms with E-state index in [1.807, 2.05) is 0 Å². The van der Waals surface area contributed by atoms with Gasteiger partial charge in [0.25, 0.3) is 0 Å². The van der Waals surface area contributed by atoms with E-state index in [1.54, 1.807) is 19.1 Å². The molecule has 1 aliphatic rings. The van der Waals surface area contributed by atoms with E-state index in [4.69, 9.17) is 9.84 Å². The van der Waals surface area contributed by atoms with E-state index in [1.165, 1.54) is 0 Å². The van der Waals surface area contributed by atoms with Crippen molar-refractivity contribution in [3.63, 3.8) is 0 Å². The molecule has 0 fully saturated rings. The van der Waals surface area contributed by atoms with Gasteiger partial charge in [0.15, 0.2) is 0 Å². The summed E-state index contributed by atoms with van der Waals surface area (Å²) in [5, 5.41) is 8.94. The van der Waals surface area contributed by atoms with Crippen LogP contribution in [0.4, 0.5) is 0 Å². The summed E-state index contributed by atoms with van der Waals surface area (Å²) in [7, 11) is 0. The molecule has 2 rings (SSSR count). The zero-order valence-electron chi connectivity index (χ0n) is 11.3. The Bertz CT molecular complexity index is 496. The lowest BCUT2D eigenvalue weighted by Gasteiger charge is -2.24. The van der Waals surface area contributed by atoms with Crippen LogP contribution in [-0.2, 0) is 0 Å². The van der Waals surface area contributed by atoms with Crippen LogP contribution >= 0.6 is 0 Å². The number of hydrogen-bond donors (Lipinski definition) is 1. The van der Waals surface area contributed by atoms with Crippen LogP contribution in [0, 0.1) is 18.8 Å². The molecule has 0 spiro atoms. The minimum Gasteiger partial charge on any atom is -0.478 e. The molecule has 4 nitrogen and oxygen atoms in total. The maximum Gasteiger partial charge on any atom is 0.337 e. The van der Waals surface area contributed by atoms with Crippen LogP contribution in [0.5, 0.6) is 5.88 Å². The Balaban J connectivity index is 1.98. The van der Waals surface area contributed by atoms with Gasteiger partial charge >= 0.3 is 5.97 Å². The highest BCUT2D eigenvalue weighted by Gasteiger charge is 2.19. The molecule has 102 valence electrons. The highest BCUT2D eigenvalue weighted by Crippen LogP contribution is 2.25. The number of nitrogens with zero attached hydrogens (tertiary/aromatic N) is 1. The van der Waals surface area contributed by atoms with Gasteiger partial charge in [-0.3, -0.25) is 0 Å². The third-order valence-electron chi connectivity index (χ3n) is 3.65. The third kappa shape index (κ3) is 3.34. The van der Waals surface area contributed by atoms with Crippen molar-refractivity contribution in [1.29, 1.82) is 0 Å². The predicted molar refractivity (Wildman–Crippen MR) is 72.5 cm³/mol. The van der Waals surface area contributed by atoms with E-state index in [0.29, 0.717) is 30.0 Å². The first-order valence-corrected chi connectivity index (χ1v) is 6.56. The van der Waals surface area contributed by atoms with Crippen molar-refractivity contribution in [2.24, 2.45) is 11.8 Å². The Labute approximate surface area is 113 Å². The maximum atomic E-state index is 10.9. The summed E-state index contributed by atoms with van der Waals surface area (Å²) >= 11 is 0. The van der Waals surface area contributed by atoms with Crippen LogP contribution in [0.3, 0.4) is 0 Å². The molecule has 0 bridgehead atoms. The Morgan fingerprint density at radius 2 is 2.16 bits per heavy atom. The maximum absolute atomic E-state index is 10.9. The SMILES string of the molecule is Cc1nc(OCC2CC=CCC2C)ccc1C(=O)O. The molecule has 0 radical (unpaired) electrons. The van der Waals surface area contributed by atoms with Crippen LogP contribution in [-0.4, -0.2) is 22.7 Å². The van der Waals surface area contributed by atoms with Gasteiger partial charge in [0.05, 0.1) is 17.9 Å². The summed E-state index contributed by atoms with van der Waals surface area (Å²) in [6.45, 7) is 4.54. The highest BCUT2D eigenvalue weighted by atomic mass is 16.5. The second-order valence-corrected chi connectivity index (χ2v) is 5.08. The second-order valence-electron chi connectivity index (χ2n) is 5.08. The fourth-order valence-corrected chi connectivity index (χ4v) is 2.28. The average molecular weight is 261 g/mol. The van der Waals surface area contributed by atoms with Gasteiger partial charge in [-0.25, -0.2) is 9.78 Å². The summed E-state index contributed by atoms with van der Waals surface area (Å²) in [6.07, 6.45) is 6.54. The topological polar surface area (TPSA) is 59.4 Å². The van der Waals surface area contributed by atoms with Gasteiger partial charge in [-0.05, 0) is 37.7 Å². The number of ether oxygens (including phenoxy) is 1. The van der Waals surface area contributed by atoms with E-state index >= 15 is 0 Å². The molecule has 0 saturated heterocycles. The van der Waals surface area contributed by atoms with Crippen molar-refractivity contribution in [3.8, 4) is 5.88 Å². The Morgan fingerprint density at radius 3 is 2.79 bits per heavy atom. The Kier molecular flexibility index (Phi) is 4.20. The van der Waals surface area contributed by atoms with Gasteiger partial charge < -0.3 is 9.84 Å². The first kappa shape index (κ1) is 13.6. The first-order chi connectivity index (χ1) is 9.08. The number of aromatic carboxylic acids is 1. The molecule has 0 saturated carbocycles. The number of allylic oxidation sites excluding steroid dienone is 2. The van der Waals surface area contributed by atoms with Gasteiger partial charge in [-0.1, -0.05) is 19.1 Å². The van der Waals surface area contributed by atoms with Gasteiger partial charge in [0.2, 0.25) is 5.88 Å². The van der Waals surface area contributed by atoms with Gasteiger partial charge in [0.1, 0.15) is 0 Å². The molecule has 1 aromatic rings. The van der Waals surface area contributed by atoms with Crippen molar-refractivity contribution in [2.75, 3.05) is 6.61 Å². The molecular formula is C15H19NO3. The van der Waals surface area contributed by atoms with Crippen molar-refractivity contribution < 1.29 is 14.6 Å². The van der Waals surface area contributed by atoms with Crippen LogP contribution < -0.4 is 4.74 Å². The fourth-order valence-electron chi connectivity index (χ4n) is 2.28. The third-order valence-corrected chi connectivity index (χ3v) is 3.65. The van der Waals surface area contributed by atoms with E-state index in [-0.39, 0.29) is 5.56 Å². The summed E-state index contributed by atoms with van der Waals surface area (Å²) in [6, 6.07) is 3.17. The summed E-state index contributed by atoms with van der Waals surface area (Å²) in [5.41, 5.74) is 0.711. The molecule has 19 heavy (non-hydrogen) atoms. The molecule has 0 amide bonds. The van der Waals surface area contributed by atoms with Crippen molar-refractivity contribution in [1.82, 2.24) is 4.98 Å². The van der Waals surface area contributed by atoms with Crippen LogP contribution in [0.2, 0.25) is 0 Å². The molecule has 1 N–H and O–H groups in total. The number of aryl methyl sites for hydroxylation is 1. The van der Waals surface area contributed by atoms with E-state index in [0.717, 1.165) is 12.8 Å². The van der Waals surface area contributed by atoms with Crippen LogP contribution in [0.15, 0.2) is 24.3 Å². The number of carboxylic acids is 1. The van der Waals surface area contributed by atoms with Crippen molar-refractivity contribution >= 4 is 5.97 Å². The lowest BCUT2D eigenvalue weighted by molar-refractivity contribution is 0.0695. The van der Waals surface area contributed by atoms with E-state index in [9.17, 15) is 4.79 Å². The largest absolute Gasteiger partial charge is 0.478 e. The lowest BCUT2D eigenvalue weighted by Crippen LogP contribution is -2.21. The Hall–Kier alpha value is -1.84. The first-order valence-electron chi connectivity index (χ1n) is 6.56. The normalized spacial score (nSPS) is 22.2. The summed E-state index contributed by atoms with van der Waals surface area (Å²) < 4.78 is 5.69. The molecular weight excluding hydrogens is 242 g/mol. The van der Waals surface area contributed by atoms with Crippen molar-refractivity contribution in [2.45, 2.75) is 26.7 Å². The highest BCUT2D eigenvalue weighted by molar-refractivity contribution is 5.88. The number of carboxylic acid groups (broad SMARTS) is 1. The summed E-state index contributed by atoms with van der Waals surface area (Å²) in [4.78, 5) is 15.1.